The molecular weight excluding hydrogens is 292 g/mol. The second-order valence-corrected chi connectivity index (χ2v) is 7.07. The first-order chi connectivity index (χ1) is 10.5. The highest BCUT2D eigenvalue weighted by atomic mass is 32.2. The fraction of sp³-hybridized carbons (Fsp3) is 0.333. The van der Waals surface area contributed by atoms with Gasteiger partial charge in [-0.1, -0.05) is 48.3 Å². The van der Waals surface area contributed by atoms with Crippen molar-refractivity contribution < 1.29 is 5.11 Å². The third-order valence-corrected chi connectivity index (χ3v) is 4.81. The number of rotatable bonds is 5. The lowest BCUT2D eigenvalue weighted by Gasteiger charge is -2.28. The zero-order valence-corrected chi connectivity index (χ0v) is 14.1. The van der Waals surface area contributed by atoms with Gasteiger partial charge in [-0.25, -0.2) is 0 Å². The Kier molecular flexibility index (Phi) is 4.17. The van der Waals surface area contributed by atoms with Gasteiger partial charge in [0.1, 0.15) is 0 Å². The minimum Gasteiger partial charge on any atom is -0.387 e. The molecule has 4 heteroatoms. The minimum absolute atomic E-state index is 0.575. The normalized spacial score (nSPS) is 14.8. The number of aromatic nitrogens is 1. The van der Waals surface area contributed by atoms with E-state index < -0.39 is 5.60 Å². The van der Waals surface area contributed by atoms with Crippen LogP contribution in [0.15, 0.2) is 48.5 Å². The molecule has 0 amide bonds. The molecule has 0 aliphatic heterocycles. The highest BCUT2D eigenvalue weighted by molar-refractivity contribution is 7.96. The lowest BCUT2D eigenvalue weighted by atomic mass is 10.1. The number of para-hydroxylation sites is 2. The van der Waals surface area contributed by atoms with E-state index in [1.807, 2.05) is 20.2 Å². The quantitative estimate of drug-likeness (QED) is 0.727. The highest BCUT2D eigenvalue weighted by Gasteiger charge is 2.25. The van der Waals surface area contributed by atoms with Gasteiger partial charge >= 0.3 is 0 Å². The number of aliphatic hydroxyl groups is 1. The van der Waals surface area contributed by atoms with Crippen LogP contribution in [0.5, 0.6) is 0 Å². The van der Waals surface area contributed by atoms with Crippen LogP contribution in [0.3, 0.4) is 0 Å². The second-order valence-electron chi connectivity index (χ2n) is 6.09. The number of likely N-dealkylation sites (N-methyl/N-ethyl adjacent to an activating group) is 1. The maximum atomic E-state index is 10.8. The third-order valence-electron chi connectivity index (χ3n) is 4.05. The Bertz CT molecular complexity index is 741. The molecule has 1 N–H and O–H groups in total. The van der Waals surface area contributed by atoms with Gasteiger partial charge in [0.15, 0.2) is 0 Å². The summed E-state index contributed by atoms with van der Waals surface area (Å²) in [4.78, 5) is 0. The molecule has 3 rings (SSSR count). The molecule has 1 atom stereocenters. The van der Waals surface area contributed by atoms with Gasteiger partial charge in [0.2, 0.25) is 0 Å². The molecule has 0 aliphatic carbocycles. The largest absolute Gasteiger partial charge is 0.387 e. The minimum atomic E-state index is -0.789. The van der Waals surface area contributed by atoms with Crippen LogP contribution in [0.25, 0.3) is 21.8 Å². The van der Waals surface area contributed by atoms with Gasteiger partial charge in [0.25, 0.3) is 0 Å². The van der Waals surface area contributed by atoms with Gasteiger partial charge in [-0.15, -0.1) is 0 Å². The first-order valence-electron chi connectivity index (χ1n) is 7.45. The summed E-state index contributed by atoms with van der Waals surface area (Å²) in [6.45, 7) is 3.10. The molecule has 3 nitrogen and oxygen atoms in total. The lowest BCUT2D eigenvalue weighted by Crippen LogP contribution is -2.40. The van der Waals surface area contributed by atoms with Crippen molar-refractivity contribution in [2.45, 2.75) is 19.1 Å². The van der Waals surface area contributed by atoms with E-state index in [2.05, 4.69) is 57.4 Å². The van der Waals surface area contributed by atoms with Crippen LogP contribution in [-0.4, -0.2) is 39.4 Å². The standard InChI is InChI=1S/C18H22N2OS/c1-18(21,12-19(2)22-3)13-20-16-10-6-4-8-14(16)15-9-5-7-11-17(15)20/h4-11,21H,12-13H2,1-3H3. The molecule has 0 saturated heterocycles. The van der Waals surface area contributed by atoms with Crippen LogP contribution in [-0.2, 0) is 6.54 Å². The Morgan fingerprint density at radius 2 is 1.55 bits per heavy atom. The smallest absolute Gasteiger partial charge is 0.0933 e. The molecule has 1 unspecified atom stereocenters. The van der Waals surface area contributed by atoms with Crippen LogP contribution in [0.2, 0.25) is 0 Å². The molecule has 0 fully saturated rings. The molecule has 0 saturated carbocycles. The zero-order chi connectivity index (χ0) is 15.7. The van der Waals surface area contributed by atoms with Crippen molar-refractivity contribution >= 4 is 33.8 Å². The van der Waals surface area contributed by atoms with Crippen LogP contribution in [0.1, 0.15) is 6.92 Å². The Hall–Kier alpha value is -1.49. The fourth-order valence-corrected chi connectivity index (χ4v) is 3.52. The van der Waals surface area contributed by atoms with E-state index in [9.17, 15) is 5.11 Å². The van der Waals surface area contributed by atoms with Gasteiger partial charge < -0.3 is 9.67 Å². The predicted octanol–water partition coefficient (Wildman–Crippen LogP) is 3.76. The molecular formula is C18H22N2OS. The summed E-state index contributed by atoms with van der Waals surface area (Å²) in [5.41, 5.74) is 1.56. The van der Waals surface area contributed by atoms with Crippen molar-refractivity contribution in [3.63, 3.8) is 0 Å². The summed E-state index contributed by atoms with van der Waals surface area (Å²) in [6, 6.07) is 16.8. The number of benzene rings is 2. The SMILES string of the molecule is CSN(C)CC(C)(O)Cn1c2ccccc2c2ccccc21. The van der Waals surface area contributed by atoms with Crippen LogP contribution in [0.4, 0.5) is 0 Å². The van der Waals surface area contributed by atoms with Gasteiger partial charge in [-0.3, -0.25) is 4.31 Å². The van der Waals surface area contributed by atoms with Crippen LogP contribution in [0, 0.1) is 0 Å². The van der Waals surface area contributed by atoms with Crippen molar-refractivity contribution in [1.82, 2.24) is 8.87 Å². The molecule has 1 aromatic heterocycles. The molecule has 0 spiro atoms. The Morgan fingerprint density at radius 3 is 2.05 bits per heavy atom. The molecule has 0 aliphatic rings. The highest BCUT2D eigenvalue weighted by Crippen LogP contribution is 2.30. The Morgan fingerprint density at radius 1 is 1.05 bits per heavy atom. The Balaban J connectivity index is 2.09. The van der Waals surface area contributed by atoms with E-state index in [1.165, 1.54) is 21.8 Å². The average molecular weight is 314 g/mol. The third kappa shape index (κ3) is 2.86. The second kappa shape index (κ2) is 5.95. The lowest BCUT2D eigenvalue weighted by molar-refractivity contribution is 0.0320. The van der Waals surface area contributed by atoms with Crippen molar-refractivity contribution in [3.05, 3.63) is 48.5 Å². The summed E-state index contributed by atoms with van der Waals surface area (Å²) in [5.74, 6) is 0. The summed E-state index contributed by atoms with van der Waals surface area (Å²) in [6.07, 6.45) is 2.02. The number of nitrogens with zero attached hydrogens (tertiary/aromatic N) is 2. The van der Waals surface area contributed by atoms with E-state index >= 15 is 0 Å². The van der Waals surface area contributed by atoms with Crippen molar-refractivity contribution in [2.24, 2.45) is 0 Å². The van der Waals surface area contributed by atoms with E-state index in [-0.39, 0.29) is 0 Å². The molecule has 2 aromatic carbocycles. The number of hydrogen-bond donors (Lipinski definition) is 1. The van der Waals surface area contributed by atoms with Gasteiger partial charge in [-0.05, 0) is 32.4 Å². The maximum absolute atomic E-state index is 10.8. The van der Waals surface area contributed by atoms with Crippen molar-refractivity contribution in [3.8, 4) is 0 Å². The Labute approximate surface area is 135 Å². The van der Waals surface area contributed by atoms with Gasteiger partial charge in [0.05, 0.1) is 12.1 Å². The zero-order valence-electron chi connectivity index (χ0n) is 13.3. The summed E-state index contributed by atoms with van der Waals surface area (Å²) in [5, 5.41) is 13.3. The van der Waals surface area contributed by atoms with E-state index in [0.29, 0.717) is 13.1 Å². The summed E-state index contributed by atoms with van der Waals surface area (Å²) >= 11 is 1.64. The summed E-state index contributed by atoms with van der Waals surface area (Å²) < 4.78 is 4.30. The van der Waals surface area contributed by atoms with E-state index in [1.54, 1.807) is 11.9 Å². The van der Waals surface area contributed by atoms with Crippen molar-refractivity contribution in [1.29, 1.82) is 0 Å². The van der Waals surface area contributed by atoms with Gasteiger partial charge in [0, 0.05) is 28.4 Å². The molecule has 116 valence electrons. The molecule has 1 heterocycles. The number of hydrogen-bond acceptors (Lipinski definition) is 3. The predicted molar refractivity (Wildman–Crippen MR) is 96.2 cm³/mol. The molecule has 22 heavy (non-hydrogen) atoms. The number of fused-ring (bicyclic) bond motifs is 3. The van der Waals surface area contributed by atoms with E-state index in [0.717, 1.165) is 0 Å². The first-order valence-corrected chi connectivity index (χ1v) is 8.63. The van der Waals surface area contributed by atoms with E-state index in [4.69, 9.17) is 0 Å². The molecule has 0 radical (unpaired) electrons. The fourth-order valence-electron chi connectivity index (χ4n) is 3.11. The topological polar surface area (TPSA) is 28.4 Å². The van der Waals surface area contributed by atoms with Crippen molar-refractivity contribution in [2.75, 3.05) is 19.8 Å². The monoisotopic (exact) mass is 314 g/mol. The van der Waals surface area contributed by atoms with Crippen LogP contribution >= 0.6 is 11.9 Å². The summed E-state index contributed by atoms with van der Waals surface area (Å²) in [7, 11) is 2.00. The molecule has 0 bridgehead atoms. The van der Waals surface area contributed by atoms with Crippen LogP contribution < -0.4 is 0 Å². The first kappa shape index (κ1) is 15.4. The maximum Gasteiger partial charge on any atom is 0.0933 e. The molecule has 3 aromatic rings. The average Bonchev–Trinajstić information content (AvgIpc) is 2.81. The van der Waals surface area contributed by atoms with Gasteiger partial charge in [-0.2, -0.15) is 0 Å².